The van der Waals surface area contributed by atoms with E-state index in [9.17, 15) is 14.0 Å². The van der Waals surface area contributed by atoms with Crippen molar-refractivity contribution >= 4 is 12.1 Å². The van der Waals surface area contributed by atoms with Gasteiger partial charge in [0.1, 0.15) is 11.6 Å². The third-order valence-corrected chi connectivity index (χ3v) is 6.51. The molecule has 1 aliphatic carbocycles. The first-order valence-corrected chi connectivity index (χ1v) is 11.5. The van der Waals surface area contributed by atoms with Crippen LogP contribution in [-0.2, 0) is 21.3 Å². The van der Waals surface area contributed by atoms with Gasteiger partial charge in [-0.1, -0.05) is 12.1 Å². The van der Waals surface area contributed by atoms with E-state index in [1.807, 2.05) is 6.07 Å². The number of nitriles is 1. The van der Waals surface area contributed by atoms with Gasteiger partial charge >= 0.3 is 5.69 Å². The highest BCUT2D eigenvalue weighted by Crippen LogP contribution is 2.39. The molecule has 3 aromatic rings. The quantitative estimate of drug-likeness (QED) is 0.538. The zero-order valence-corrected chi connectivity index (χ0v) is 20.3. The van der Waals surface area contributed by atoms with E-state index >= 15 is 4.39 Å². The summed E-state index contributed by atoms with van der Waals surface area (Å²) in [5.41, 5.74) is 6.39. The molecule has 0 spiro atoms. The molecule has 38 heavy (non-hydrogen) atoms. The number of benzene rings is 2. The molecular formula is C27H21F2N5O4. The first-order chi connectivity index (χ1) is 18.2. The van der Waals surface area contributed by atoms with Crippen LogP contribution in [-0.4, -0.2) is 34.4 Å². The van der Waals surface area contributed by atoms with Gasteiger partial charge in [-0.15, -0.1) is 0 Å². The van der Waals surface area contributed by atoms with E-state index < -0.39 is 41.3 Å². The van der Waals surface area contributed by atoms with E-state index in [0.29, 0.717) is 17.0 Å². The molecule has 0 bridgehead atoms. The predicted octanol–water partition coefficient (Wildman–Crippen LogP) is 2.88. The Morgan fingerprint density at radius 3 is 2.53 bits per heavy atom. The van der Waals surface area contributed by atoms with Gasteiger partial charge in [-0.25, -0.2) is 13.6 Å². The van der Waals surface area contributed by atoms with E-state index in [-0.39, 0.29) is 22.8 Å². The second-order valence-corrected chi connectivity index (χ2v) is 8.74. The first kappa shape index (κ1) is 24.7. The number of primary amides is 1. The van der Waals surface area contributed by atoms with Crippen LogP contribution in [0.5, 0.6) is 0 Å². The second-order valence-electron chi connectivity index (χ2n) is 8.74. The van der Waals surface area contributed by atoms with Crippen LogP contribution < -0.4 is 11.4 Å². The van der Waals surface area contributed by atoms with Gasteiger partial charge in [-0.2, -0.15) is 5.26 Å². The lowest BCUT2D eigenvalue weighted by atomic mass is 9.87. The topological polar surface area (TPSA) is 125 Å². The van der Waals surface area contributed by atoms with Crippen molar-refractivity contribution in [2.75, 3.05) is 7.11 Å². The van der Waals surface area contributed by atoms with Gasteiger partial charge in [0, 0.05) is 18.8 Å². The van der Waals surface area contributed by atoms with E-state index in [1.165, 1.54) is 58.9 Å². The maximum Gasteiger partial charge on any atom is 0.333 e. The van der Waals surface area contributed by atoms with Crippen molar-refractivity contribution in [3.63, 3.8) is 0 Å². The highest BCUT2D eigenvalue weighted by Gasteiger charge is 2.37. The Balaban J connectivity index is 1.64. The second kappa shape index (κ2) is 9.48. The number of aliphatic imine (C=N–C) groups is 1. The molecule has 0 saturated heterocycles. The van der Waals surface area contributed by atoms with E-state index in [2.05, 4.69) is 4.99 Å². The molecule has 3 unspecified atom stereocenters. The molecular weight excluding hydrogens is 496 g/mol. The van der Waals surface area contributed by atoms with E-state index in [0.717, 1.165) is 6.07 Å². The van der Waals surface area contributed by atoms with Crippen molar-refractivity contribution in [1.82, 2.24) is 9.13 Å². The molecule has 1 aromatic heterocycles. The number of halogens is 2. The molecule has 0 saturated carbocycles. The highest BCUT2D eigenvalue weighted by atomic mass is 19.1. The van der Waals surface area contributed by atoms with Gasteiger partial charge in [0.25, 0.3) is 5.91 Å². The number of hydrogen-bond acceptors (Lipinski definition) is 6. The summed E-state index contributed by atoms with van der Waals surface area (Å²) in [6, 6.07) is 10.3. The number of nitrogens with zero attached hydrogens (tertiary/aromatic N) is 4. The summed E-state index contributed by atoms with van der Waals surface area (Å²) in [7, 11) is 2.96. The lowest BCUT2D eigenvalue weighted by molar-refractivity contribution is -0.127. The fourth-order valence-corrected chi connectivity index (χ4v) is 4.64. The SMILES string of the molecule is COC1=CC2N=Cc3c(n(-c4ccc(C#N)cc4F)c(=O)n3C)C2C=C1OC(C(N)=O)c1ccc(F)cc1. The zero-order valence-electron chi connectivity index (χ0n) is 20.3. The van der Waals surface area contributed by atoms with E-state index in [4.69, 9.17) is 20.5 Å². The molecule has 3 atom stereocenters. The smallest absolute Gasteiger partial charge is 0.333 e. The number of rotatable bonds is 6. The number of amides is 1. The number of carbonyl (C=O) groups excluding carboxylic acids is 1. The normalized spacial score (nSPS) is 18.4. The van der Waals surface area contributed by atoms with E-state index in [1.54, 1.807) is 19.2 Å². The molecule has 9 nitrogen and oxygen atoms in total. The standard InChI is InChI=1S/C27H21F2N5O4/c1-33-21-13-32-19-11-22(37-2)23(38-25(26(31)35)15-4-6-16(28)7-5-15)10-17(19)24(21)34(27(33)36)20-8-3-14(12-30)9-18(20)29/h3-11,13,17,19,25H,1-2H3,(H2,31,35). The van der Waals surface area contributed by atoms with Crippen molar-refractivity contribution in [2.45, 2.75) is 18.1 Å². The molecule has 2 heterocycles. The average molecular weight is 517 g/mol. The lowest BCUT2D eigenvalue weighted by Crippen LogP contribution is -2.29. The Hall–Kier alpha value is -4.98. The minimum atomic E-state index is -1.27. The summed E-state index contributed by atoms with van der Waals surface area (Å²) >= 11 is 0. The van der Waals surface area contributed by atoms with Crippen LogP contribution in [0.3, 0.4) is 0 Å². The van der Waals surface area contributed by atoms with Crippen molar-refractivity contribution in [3.8, 4) is 11.8 Å². The number of carbonyl (C=O) groups is 1. The van der Waals surface area contributed by atoms with Crippen LogP contribution in [0.2, 0.25) is 0 Å². The molecule has 5 rings (SSSR count). The van der Waals surface area contributed by atoms with Gasteiger partial charge in [0.05, 0.1) is 47.8 Å². The Morgan fingerprint density at radius 1 is 1.16 bits per heavy atom. The minimum absolute atomic E-state index is 0.0291. The maximum atomic E-state index is 15.1. The third kappa shape index (κ3) is 4.06. The number of fused-ring (bicyclic) bond motifs is 3. The van der Waals surface area contributed by atoms with Crippen LogP contribution in [0.1, 0.15) is 34.5 Å². The fourth-order valence-electron chi connectivity index (χ4n) is 4.64. The van der Waals surface area contributed by atoms with Gasteiger partial charge in [0.15, 0.2) is 11.5 Å². The van der Waals surface area contributed by atoms with Crippen molar-refractivity contribution in [1.29, 1.82) is 5.26 Å². The van der Waals surface area contributed by atoms with Crippen molar-refractivity contribution in [2.24, 2.45) is 17.8 Å². The molecule has 192 valence electrons. The van der Waals surface area contributed by atoms with Gasteiger partial charge < -0.3 is 15.2 Å². The Bertz CT molecular complexity index is 1640. The summed E-state index contributed by atoms with van der Waals surface area (Å²) < 4.78 is 42.6. The van der Waals surface area contributed by atoms with Crippen LogP contribution in [0.4, 0.5) is 8.78 Å². The first-order valence-electron chi connectivity index (χ1n) is 11.5. The summed E-state index contributed by atoms with van der Waals surface area (Å²) in [5.74, 6) is -2.24. The number of imidazole rings is 1. The predicted molar refractivity (Wildman–Crippen MR) is 132 cm³/mol. The van der Waals surface area contributed by atoms with Crippen LogP contribution >= 0.6 is 0 Å². The van der Waals surface area contributed by atoms with Crippen LogP contribution in [0.25, 0.3) is 5.69 Å². The lowest BCUT2D eigenvalue weighted by Gasteiger charge is -2.30. The van der Waals surface area contributed by atoms with Crippen molar-refractivity contribution < 1.29 is 23.0 Å². The molecule has 11 heteroatoms. The summed E-state index contributed by atoms with van der Waals surface area (Å²) in [6.07, 6.45) is 3.57. The number of nitrogens with two attached hydrogens (primary N) is 1. The largest absolute Gasteiger partial charge is 0.493 e. The summed E-state index contributed by atoms with van der Waals surface area (Å²) in [4.78, 5) is 30.1. The average Bonchev–Trinajstić information content (AvgIpc) is 3.17. The molecule has 0 fully saturated rings. The number of hydrogen-bond donors (Lipinski definition) is 1. The zero-order chi connectivity index (χ0) is 27.1. The molecule has 2 aromatic carbocycles. The number of aromatic nitrogens is 2. The highest BCUT2D eigenvalue weighted by molar-refractivity contribution is 5.82. The fraction of sp³-hybridized carbons (Fsp3) is 0.185. The van der Waals surface area contributed by atoms with Crippen LogP contribution in [0.15, 0.2) is 75.9 Å². The van der Waals surface area contributed by atoms with Crippen LogP contribution in [0, 0.1) is 23.0 Å². The van der Waals surface area contributed by atoms with Gasteiger partial charge in [-0.05, 0) is 42.5 Å². The molecule has 2 N–H and O–H groups in total. The third-order valence-electron chi connectivity index (χ3n) is 6.51. The van der Waals surface area contributed by atoms with Gasteiger partial charge in [0.2, 0.25) is 6.10 Å². The summed E-state index contributed by atoms with van der Waals surface area (Å²) in [5, 5.41) is 9.11. The minimum Gasteiger partial charge on any atom is -0.493 e. The van der Waals surface area contributed by atoms with Gasteiger partial charge in [-0.3, -0.25) is 18.9 Å². The monoisotopic (exact) mass is 517 g/mol. The number of ether oxygens (including phenoxy) is 2. The molecule has 1 amide bonds. The summed E-state index contributed by atoms with van der Waals surface area (Å²) in [6.45, 7) is 0. The Kier molecular flexibility index (Phi) is 6.16. The van der Waals surface area contributed by atoms with Crippen molar-refractivity contribution in [3.05, 3.63) is 111 Å². The Morgan fingerprint density at radius 2 is 1.89 bits per heavy atom. The number of methoxy groups -OCH3 is 1. The maximum absolute atomic E-state index is 15.1. The molecule has 2 aliphatic rings. The molecule has 1 aliphatic heterocycles. The Labute approximate surface area is 215 Å². The molecule has 0 radical (unpaired) electrons.